The number of carboxylic acid groups (broad SMARTS) is 1. The highest BCUT2D eigenvalue weighted by Gasteiger charge is 2.51. The first-order valence-corrected chi connectivity index (χ1v) is 11.0. The van der Waals surface area contributed by atoms with Crippen LogP contribution in [0.2, 0.25) is 0 Å². The first kappa shape index (κ1) is 20.6. The van der Waals surface area contributed by atoms with Gasteiger partial charge in [-0.3, -0.25) is 9.69 Å². The van der Waals surface area contributed by atoms with Gasteiger partial charge in [0.05, 0.1) is 0 Å². The average molecular weight is 449 g/mol. The number of carbonyl (C=O) groups excluding carboxylic acids is 1. The number of phenolic OH excluding ortho intramolecular Hbond substituents is 1. The van der Waals surface area contributed by atoms with E-state index in [9.17, 15) is 19.8 Å². The molecule has 0 bridgehead atoms. The summed E-state index contributed by atoms with van der Waals surface area (Å²) >= 11 is 2.72. The SMILES string of the molecule is NC1=CC(N)N(c2ccc(O)cc2)C(SCC2=C(C(=O)O)N3C(=O)C(N)[C@@H]3SC2)=N1. The van der Waals surface area contributed by atoms with Gasteiger partial charge in [0.1, 0.15) is 34.8 Å². The van der Waals surface area contributed by atoms with Crippen molar-refractivity contribution in [2.24, 2.45) is 22.2 Å². The number of aromatic hydroxyl groups is 1. The normalized spacial score (nSPS) is 26.1. The van der Waals surface area contributed by atoms with Crippen molar-refractivity contribution in [2.45, 2.75) is 17.6 Å². The van der Waals surface area contributed by atoms with Crippen LogP contribution in [0.5, 0.6) is 5.75 Å². The Kier molecular flexibility index (Phi) is 5.40. The van der Waals surface area contributed by atoms with Crippen molar-refractivity contribution in [3.05, 3.63) is 47.4 Å². The number of amides is 1. The maximum Gasteiger partial charge on any atom is 0.352 e. The molecule has 1 aromatic carbocycles. The Bertz CT molecular complexity index is 993. The number of hydrogen-bond donors (Lipinski definition) is 5. The fraction of sp³-hybridized carbons (Fsp3) is 0.278. The molecule has 2 unspecified atom stereocenters. The van der Waals surface area contributed by atoms with E-state index in [-0.39, 0.29) is 34.3 Å². The molecule has 1 fully saturated rings. The van der Waals surface area contributed by atoms with Gasteiger partial charge in [-0.05, 0) is 35.9 Å². The fourth-order valence-corrected chi connectivity index (χ4v) is 5.92. The molecule has 3 heterocycles. The van der Waals surface area contributed by atoms with Gasteiger partial charge in [-0.25, -0.2) is 9.79 Å². The number of hydrogen-bond acceptors (Lipinski definition) is 10. The van der Waals surface area contributed by atoms with Gasteiger partial charge in [0.25, 0.3) is 0 Å². The van der Waals surface area contributed by atoms with Gasteiger partial charge in [-0.2, -0.15) is 0 Å². The summed E-state index contributed by atoms with van der Waals surface area (Å²) in [6, 6.07) is 5.80. The second-order valence-electron chi connectivity index (χ2n) is 6.84. The summed E-state index contributed by atoms with van der Waals surface area (Å²) in [5.41, 5.74) is 19.2. The molecule has 0 radical (unpaired) electrons. The summed E-state index contributed by atoms with van der Waals surface area (Å²) in [4.78, 5) is 31.3. The van der Waals surface area contributed by atoms with Crippen LogP contribution >= 0.6 is 23.5 Å². The van der Waals surface area contributed by atoms with E-state index in [0.717, 1.165) is 0 Å². The Balaban J connectivity index is 1.60. The molecule has 3 atom stereocenters. The van der Waals surface area contributed by atoms with Crippen LogP contribution < -0.4 is 22.1 Å². The summed E-state index contributed by atoms with van der Waals surface area (Å²) < 4.78 is 0. The number of aliphatic imine (C=N–C) groups is 1. The predicted octanol–water partition coefficient (Wildman–Crippen LogP) is -0.0326. The zero-order valence-corrected chi connectivity index (χ0v) is 17.3. The number of carboxylic acids is 1. The van der Waals surface area contributed by atoms with E-state index in [1.165, 1.54) is 40.6 Å². The van der Waals surface area contributed by atoms with E-state index in [4.69, 9.17) is 17.2 Å². The Morgan fingerprint density at radius 2 is 1.97 bits per heavy atom. The van der Waals surface area contributed by atoms with Crippen molar-refractivity contribution in [3.63, 3.8) is 0 Å². The number of nitrogens with zero attached hydrogens (tertiary/aromatic N) is 3. The van der Waals surface area contributed by atoms with Crippen molar-refractivity contribution in [1.29, 1.82) is 0 Å². The van der Waals surface area contributed by atoms with E-state index in [1.54, 1.807) is 23.1 Å². The number of aliphatic carboxylic acids is 1. The lowest BCUT2D eigenvalue weighted by Crippen LogP contribution is -2.68. The second-order valence-corrected chi connectivity index (χ2v) is 8.89. The average Bonchev–Trinajstić information content (AvgIpc) is 2.71. The van der Waals surface area contributed by atoms with Gasteiger partial charge in [0.2, 0.25) is 5.91 Å². The lowest BCUT2D eigenvalue weighted by atomic mass is 10.0. The van der Waals surface area contributed by atoms with Crippen molar-refractivity contribution < 1.29 is 19.8 Å². The number of thioether (sulfide) groups is 2. The van der Waals surface area contributed by atoms with Gasteiger partial charge >= 0.3 is 5.97 Å². The van der Waals surface area contributed by atoms with Gasteiger partial charge in [-0.15, -0.1) is 11.8 Å². The van der Waals surface area contributed by atoms with Crippen LogP contribution in [0.3, 0.4) is 0 Å². The summed E-state index contributed by atoms with van der Waals surface area (Å²) in [5, 5.41) is 19.4. The monoisotopic (exact) mass is 448 g/mol. The zero-order chi connectivity index (χ0) is 21.6. The van der Waals surface area contributed by atoms with E-state index in [0.29, 0.717) is 22.2 Å². The molecule has 3 aliphatic heterocycles. The summed E-state index contributed by atoms with van der Waals surface area (Å²) in [6.45, 7) is 0. The Morgan fingerprint density at radius 3 is 2.63 bits per heavy atom. The number of amidine groups is 1. The Labute approximate surface area is 180 Å². The van der Waals surface area contributed by atoms with Crippen LogP contribution in [0.4, 0.5) is 5.69 Å². The topological polar surface area (TPSA) is 172 Å². The molecule has 10 nitrogen and oxygen atoms in total. The lowest BCUT2D eigenvalue weighted by molar-refractivity contribution is -0.147. The Hall–Kier alpha value is -2.67. The molecular weight excluding hydrogens is 428 g/mol. The third-order valence-corrected chi connectivity index (χ3v) is 7.26. The molecule has 1 saturated heterocycles. The third kappa shape index (κ3) is 3.51. The number of benzene rings is 1. The van der Waals surface area contributed by atoms with Crippen molar-refractivity contribution in [3.8, 4) is 5.75 Å². The molecule has 1 aromatic rings. The molecule has 4 rings (SSSR count). The second kappa shape index (κ2) is 7.87. The number of carbonyl (C=O) groups is 2. The third-order valence-electron chi connectivity index (χ3n) is 4.86. The standard InChI is InChI=1S/C18H20N6O4S2/c19-11-5-12(20)23(9-1-3-10(25)4-2-9)18(22-11)30-7-8-6-29-16-13(21)15(26)24(16)14(8)17(27)28/h1-5,12-13,16,25H,6-7,19-21H2,(H,27,28)/t12?,13?,16-/m0/s1. The van der Waals surface area contributed by atoms with E-state index >= 15 is 0 Å². The van der Waals surface area contributed by atoms with E-state index in [2.05, 4.69) is 4.99 Å². The summed E-state index contributed by atoms with van der Waals surface area (Å²) in [5.74, 6) is -0.438. The molecule has 0 aliphatic carbocycles. The number of β-lactam (4-membered cyclic amide) rings is 1. The first-order valence-electron chi connectivity index (χ1n) is 8.96. The number of rotatable bonds is 4. The molecule has 30 heavy (non-hydrogen) atoms. The van der Waals surface area contributed by atoms with Crippen LogP contribution in [0.25, 0.3) is 0 Å². The highest BCUT2D eigenvalue weighted by Crippen LogP contribution is 2.40. The maximum atomic E-state index is 12.1. The quantitative estimate of drug-likeness (QED) is 0.394. The highest BCUT2D eigenvalue weighted by molar-refractivity contribution is 8.14. The van der Waals surface area contributed by atoms with E-state index in [1.807, 2.05) is 0 Å². The molecule has 0 spiro atoms. The first-order chi connectivity index (χ1) is 14.3. The molecule has 158 valence electrons. The molecule has 8 N–H and O–H groups in total. The van der Waals surface area contributed by atoms with Crippen molar-refractivity contribution in [1.82, 2.24) is 4.90 Å². The van der Waals surface area contributed by atoms with Crippen LogP contribution in [-0.2, 0) is 9.59 Å². The van der Waals surface area contributed by atoms with Gasteiger partial charge in [0, 0.05) is 17.2 Å². The van der Waals surface area contributed by atoms with Crippen molar-refractivity contribution >= 4 is 46.3 Å². The highest BCUT2D eigenvalue weighted by atomic mass is 32.2. The van der Waals surface area contributed by atoms with Gasteiger partial charge in [0.15, 0.2) is 5.17 Å². The van der Waals surface area contributed by atoms with Gasteiger partial charge < -0.3 is 32.3 Å². The number of nitrogens with two attached hydrogens (primary N) is 3. The maximum absolute atomic E-state index is 12.1. The lowest BCUT2D eigenvalue weighted by Gasteiger charge is -2.48. The minimum Gasteiger partial charge on any atom is -0.508 e. The molecule has 12 heteroatoms. The minimum atomic E-state index is -1.16. The molecular formula is C18H20N6O4S2. The minimum absolute atomic E-state index is 0.0154. The molecule has 0 aromatic heterocycles. The smallest absolute Gasteiger partial charge is 0.352 e. The molecule has 1 amide bonds. The predicted molar refractivity (Wildman–Crippen MR) is 116 cm³/mol. The van der Waals surface area contributed by atoms with Crippen LogP contribution in [0, 0.1) is 0 Å². The zero-order valence-electron chi connectivity index (χ0n) is 15.6. The summed E-state index contributed by atoms with van der Waals surface area (Å²) in [7, 11) is 0. The van der Waals surface area contributed by atoms with Crippen LogP contribution in [0.1, 0.15) is 0 Å². The number of anilines is 1. The molecule has 3 aliphatic rings. The summed E-state index contributed by atoms with van der Waals surface area (Å²) in [6.07, 6.45) is 1.02. The van der Waals surface area contributed by atoms with Crippen LogP contribution in [0.15, 0.2) is 52.4 Å². The molecule has 0 saturated carbocycles. The fourth-order valence-electron chi connectivity index (χ4n) is 3.42. The van der Waals surface area contributed by atoms with Crippen molar-refractivity contribution in [2.75, 3.05) is 16.4 Å². The number of fused-ring (bicyclic) bond motifs is 1. The van der Waals surface area contributed by atoms with Crippen LogP contribution in [-0.4, -0.2) is 61.2 Å². The van der Waals surface area contributed by atoms with Gasteiger partial charge in [-0.1, -0.05) is 11.8 Å². The largest absolute Gasteiger partial charge is 0.508 e. The Morgan fingerprint density at radius 1 is 1.27 bits per heavy atom. The number of phenols is 1. The van der Waals surface area contributed by atoms with E-state index < -0.39 is 18.2 Å².